The van der Waals surface area contributed by atoms with Crippen molar-refractivity contribution in [2.45, 2.75) is 6.92 Å². The van der Waals surface area contributed by atoms with Crippen molar-refractivity contribution in [2.75, 3.05) is 18.2 Å². The maximum absolute atomic E-state index is 11.9. The summed E-state index contributed by atoms with van der Waals surface area (Å²) in [5.74, 6) is 0.682. The molecule has 0 radical (unpaired) electrons. The smallest absolute Gasteiger partial charge is 0.351 e. The highest BCUT2D eigenvalue weighted by Crippen LogP contribution is 2.26. The van der Waals surface area contributed by atoms with Gasteiger partial charge in [0.1, 0.15) is 17.6 Å². The minimum absolute atomic E-state index is 0.0548. The van der Waals surface area contributed by atoms with Crippen LogP contribution in [0.5, 0.6) is 11.5 Å². The molecule has 0 amide bonds. The lowest BCUT2D eigenvalue weighted by atomic mass is 10.2. The van der Waals surface area contributed by atoms with Crippen molar-refractivity contribution in [1.82, 2.24) is 0 Å². The molecule has 2 rings (SSSR count). The Morgan fingerprint density at radius 2 is 1.73 bits per heavy atom. The summed E-state index contributed by atoms with van der Waals surface area (Å²) >= 11 is 7.11. The highest BCUT2D eigenvalue weighted by molar-refractivity contribution is 8.02. The predicted octanol–water partition coefficient (Wildman–Crippen LogP) is 5.21. The second kappa shape index (κ2) is 9.76. The topological polar surface area (TPSA) is 71.4 Å². The second-order valence-corrected chi connectivity index (χ2v) is 6.20. The van der Waals surface area contributed by atoms with Gasteiger partial charge in [0.2, 0.25) is 0 Å². The van der Waals surface area contributed by atoms with E-state index in [0.29, 0.717) is 21.6 Å². The Bertz CT molecular complexity index is 827. The molecule has 0 saturated heterocycles. The van der Waals surface area contributed by atoms with Crippen LogP contribution in [0.15, 0.2) is 59.1 Å². The predicted molar refractivity (Wildman–Crippen MR) is 104 cm³/mol. The Labute approximate surface area is 161 Å². The molecule has 2 aromatic rings. The van der Waals surface area contributed by atoms with Gasteiger partial charge in [-0.2, -0.15) is 5.26 Å². The molecule has 1 N–H and O–H groups in total. The van der Waals surface area contributed by atoms with Crippen LogP contribution in [-0.4, -0.2) is 18.8 Å². The third kappa shape index (κ3) is 5.45. The Hall–Kier alpha value is -2.62. The fourth-order valence-corrected chi connectivity index (χ4v) is 2.66. The maximum Gasteiger partial charge on any atom is 0.351 e. The first-order valence-corrected chi connectivity index (χ1v) is 9.33. The minimum atomic E-state index is -0.644. The molecule has 26 heavy (non-hydrogen) atoms. The van der Waals surface area contributed by atoms with E-state index in [1.807, 2.05) is 6.07 Å². The summed E-state index contributed by atoms with van der Waals surface area (Å²) in [6.07, 6.45) is 1.77. The van der Waals surface area contributed by atoms with Gasteiger partial charge in [0.15, 0.2) is 5.57 Å². The van der Waals surface area contributed by atoms with E-state index in [4.69, 9.17) is 21.1 Å². The van der Waals surface area contributed by atoms with Crippen LogP contribution in [0.2, 0.25) is 5.02 Å². The highest BCUT2D eigenvalue weighted by Gasteiger charge is 2.16. The Kier molecular flexibility index (Phi) is 7.39. The lowest BCUT2D eigenvalue weighted by molar-refractivity contribution is -0.138. The summed E-state index contributed by atoms with van der Waals surface area (Å²) < 4.78 is 10.6. The van der Waals surface area contributed by atoms with Crippen LogP contribution in [0, 0.1) is 11.3 Å². The third-order valence-corrected chi connectivity index (χ3v) is 4.15. The van der Waals surface area contributed by atoms with Crippen LogP contribution >= 0.6 is 23.4 Å². The molecule has 0 aromatic heterocycles. The van der Waals surface area contributed by atoms with Crippen LogP contribution in [0.25, 0.3) is 0 Å². The number of thioether (sulfide) groups is 1. The van der Waals surface area contributed by atoms with Crippen molar-refractivity contribution in [2.24, 2.45) is 0 Å². The average Bonchev–Trinajstić information content (AvgIpc) is 2.65. The lowest BCUT2D eigenvalue weighted by Crippen LogP contribution is -2.11. The minimum Gasteiger partial charge on any atom is -0.462 e. The van der Waals surface area contributed by atoms with Crippen molar-refractivity contribution < 1.29 is 14.3 Å². The summed E-state index contributed by atoms with van der Waals surface area (Å²) in [5.41, 5.74) is 0.663. The van der Waals surface area contributed by atoms with E-state index in [1.54, 1.807) is 61.7 Å². The number of carbonyl (C=O) groups excluding carboxylic acids is 1. The van der Waals surface area contributed by atoms with Gasteiger partial charge in [0, 0.05) is 10.7 Å². The third-order valence-electron chi connectivity index (χ3n) is 3.18. The number of halogens is 1. The first-order valence-electron chi connectivity index (χ1n) is 7.73. The fourth-order valence-electron chi connectivity index (χ4n) is 1.98. The van der Waals surface area contributed by atoms with Gasteiger partial charge in [-0.25, -0.2) is 4.79 Å². The van der Waals surface area contributed by atoms with Gasteiger partial charge in [0.25, 0.3) is 0 Å². The molecular weight excluding hydrogens is 372 g/mol. The van der Waals surface area contributed by atoms with Crippen LogP contribution in [-0.2, 0) is 9.53 Å². The number of benzene rings is 2. The molecule has 7 heteroatoms. The Morgan fingerprint density at radius 1 is 1.15 bits per heavy atom. The number of nitrogens with zero attached hydrogens (tertiary/aromatic N) is 1. The van der Waals surface area contributed by atoms with E-state index in [2.05, 4.69) is 5.32 Å². The van der Waals surface area contributed by atoms with Crippen LogP contribution in [0.3, 0.4) is 0 Å². The molecule has 0 fully saturated rings. The van der Waals surface area contributed by atoms with Crippen LogP contribution < -0.4 is 10.1 Å². The molecule has 0 heterocycles. The van der Waals surface area contributed by atoms with Gasteiger partial charge in [-0.1, -0.05) is 11.6 Å². The molecule has 0 atom stereocenters. The van der Waals surface area contributed by atoms with Gasteiger partial charge in [-0.3, -0.25) is 0 Å². The second-order valence-electron chi connectivity index (χ2n) is 4.95. The lowest BCUT2D eigenvalue weighted by Gasteiger charge is -2.12. The monoisotopic (exact) mass is 388 g/mol. The number of esters is 1. The molecule has 5 nitrogen and oxygen atoms in total. The number of ether oxygens (including phenoxy) is 2. The zero-order valence-corrected chi connectivity index (χ0v) is 15.9. The van der Waals surface area contributed by atoms with Crippen molar-refractivity contribution in [3.05, 3.63) is 64.2 Å². The molecular formula is C19H17ClN2O3S. The standard InChI is InChI=1S/C19H17ClN2O3S/c1-3-24-19(23)17(12-21)18(26-2)22-14-6-10-16(11-7-14)25-15-8-4-13(20)5-9-15/h4-11,22H,3H2,1-2H3/b18-17-. The quantitative estimate of drug-likeness (QED) is 0.399. The maximum atomic E-state index is 11.9. The Balaban J connectivity index is 2.12. The fraction of sp³-hybridized carbons (Fsp3) is 0.158. The van der Waals surface area contributed by atoms with E-state index in [9.17, 15) is 10.1 Å². The molecule has 0 aliphatic rings. The normalized spacial score (nSPS) is 11.2. The number of carbonyl (C=O) groups is 1. The zero-order chi connectivity index (χ0) is 18.9. The average molecular weight is 389 g/mol. The van der Waals surface area contributed by atoms with Crippen LogP contribution in [0.4, 0.5) is 5.69 Å². The van der Waals surface area contributed by atoms with Crippen molar-refractivity contribution in [3.63, 3.8) is 0 Å². The van der Waals surface area contributed by atoms with E-state index in [1.165, 1.54) is 11.8 Å². The van der Waals surface area contributed by atoms with Gasteiger partial charge in [-0.05, 0) is 61.7 Å². The Morgan fingerprint density at radius 3 is 2.23 bits per heavy atom. The zero-order valence-electron chi connectivity index (χ0n) is 14.3. The van der Waals surface area contributed by atoms with Gasteiger partial charge in [0.05, 0.1) is 11.6 Å². The highest BCUT2D eigenvalue weighted by atomic mass is 35.5. The molecule has 0 unspecified atom stereocenters. The van der Waals surface area contributed by atoms with Gasteiger partial charge in [-0.15, -0.1) is 11.8 Å². The van der Waals surface area contributed by atoms with Gasteiger partial charge >= 0.3 is 5.97 Å². The largest absolute Gasteiger partial charge is 0.462 e. The van der Waals surface area contributed by atoms with Crippen molar-refractivity contribution in [1.29, 1.82) is 5.26 Å². The molecule has 0 saturated carbocycles. The molecule has 0 aliphatic heterocycles. The number of nitriles is 1. The number of rotatable bonds is 7. The first kappa shape index (κ1) is 19.7. The molecule has 2 aromatic carbocycles. The number of anilines is 1. The summed E-state index contributed by atoms with van der Waals surface area (Å²) in [5, 5.41) is 13.4. The molecule has 134 valence electrons. The summed E-state index contributed by atoms with van der Waals surface area (Å²) in [6, 6.07) is 16.1. The van der Waals surface area contributed by atoms with Crippen LogP contribution in [0.1, 0.15) is 6.92 Å². The summed E-state index contributed by atoms with van der Waals surface area (Å²) in [7, 11) is 0. The molecule has 0 bridgehead atoms. The summed E-state index contributed by atoms with van der Waals surface area (Å²) in [4.78, 5) is 11.9. The van der Waals surface area contributed by atoms with E-state index >= 15 is 0 Å². The van der Waals surface area contributed by atoms with Gasteiger partial charge < -0.3 is 14.8 Å². The van der Waals surface area contributed by atoms with E-state index < -0.39 is 5.97 Å². The number of nitrogens with one attached hydrogen (secondary N) is 1. The molecule has 0 spiro atoms. The number of hydrogen-bond donors (Lipinski definition) is 1. The van der Waals surface area contributed by atoms with Crippen molar-refractivity contribution >= 4 is 35.0 Å². The van der Waals surface area contributed by atoms with Crippen molar-refractivity contribution in [3.8, 4) is 17.6 Å². The van der Waals surface area contributed by atoms with E-state index in [0.717, 1.165) is 5.69 Å². The first-order chi connectivity index (χ1) is 12.6. The summed E-state index contributed by atoms with van der Waals surface area (Å²) in [6.45, 7) is 1.90. The molecule has 0 aliphatic carbocycles. The van der Waals surface area contributed by atoms with E-state index in [-0.39, 0.29) is 12.2 Å². The SMILES string of the molecule is CCOC(=O)/C(C#N)=C(/Nc1ccc(Oc2ccc(Cl)cc2)cc1)SC. The number of hydrogen-bond acceptors (Lipinski definition) is 6.